The van der Waals surface area contributed by atoms with Crippen LogP contribution >= 0.6 is 0 Å². The molecule has 1 N–H and O–H groups in total. The molecule has 1 atom stereocenters. The Morgan fingerprint density at radius 3 is 2.77 bits per heavy atom. The molecule has 22 heavy (non-hydrogen) atoms. The molecule has 3 aromatic rings. The van der Waals surface area contributed by atoms with Crippen molar-refractivity contribution in [3.63, 3.8) is 0 Å². The molecule has 0 saturated heterocycles. The van der Waals surface area contributed by atoms with Crippen molar-refractivity contribution in [2.75, 3.05) is 5.32 Å². The molecule has 0 radical (unpaired) electrons. The lowest BCUT2D eigenvalue weighted by Gasteiger charge is -2.17. The Labute approximate surface area is 126 Å². The summed E-state index contributed by atoms with van der Waals surface area (Å²) in [5, 5.41) is 3.91. The van der Waals surface area contributed by atoms with Crippen molar-refractivity contribution >= 4 is 16.7 Å². The van der Waals surface area contributed by atoms with E-state index in [1.54, 1.807) is 38.4 Å². The Morgan fingerprint density at radius 1 is 1.14 bits per heavy atom. The van der Waals surface area contributed by atoms with Crippen LogP contribution in [0.5, 0.6) is 0 Å². The summed E-state index contributed by atoms with van der Waals surface area (Å²) in [7, 11) is 0. The number of halogens is 2. The van der Waals surface area contributed by atoms with Gasteiger partial charge in [0.15, 0.2) is 11.6 Å². The third-order valence-corrected chi connectivity index (χ3v) is 3.41. The minimum atomic E-state index is -0.862. The van der Waals surface area contributed by atoms with Crippen molar-refractivity contribution in [3.05, 3.63) is 59.7 Å². The topological polar surface area (TPSA) is 50.7 Å². The number of anilines is 1. The molecule has 0 amide bonds. The van der Waals surface area contributed by atoms with Crippen LogP contribution in [0, 0.1) is 18.6 Å². The Morgan fingerprint density at radius 2 is 1.95 bits per heavy atom. The lowest BCUT2D eigenvalue weighted by molar-refractivity contribution is 0.494. The van der Waals surface area contributed by atoms with Crippen LogP contribution in [0.3, 0.4) is 0 Å². The van der Waals surface area contributed by atoms with E-state index in [0.29, 0.717) is 17.2 Å². The quantitative estimate of drug-likeness (QED) is 0.799. The maximum Gasteiger partial charge on any atom is 0.164 e. The summed E-state index contributed by atoms with van der Waals surface area (Å²) in [6.45, 7) is 3.52. The minimum absolute atomic E-state index is 0.249. The molecular weight excluding hydrogens is 286 g/mol. The number of aryl methyl sites for hydroxylation is 1. The van der Waals surface area contributed by atoms with Crippen LogP contribution < -0.4 is 5.32 Å². The molecule has 3 rings (SSSR count). The highest BCUT2D eigenvalue weighted by molar-refractivity contribution is 5.88. The first kappa shape index (κ1) is 14.3. The molecule has 0 fully saturated rings. The summed E-state index contributed by atoms with van der Waals surface area (Å²) in [6, 6.07) is 5.47. The van der Waals surface area contributed by atoms with Gasteiger partial charge in [-0.15, -0.1) is 0 Å². The smallest absolute Gasteiger partial charge is 0.164 e. The van der Waals surface area contributed by atoms with E-state index in [1.165, 1.54) is 6.07 Å². The van der Waals surface area contributed by atoms with Gasteiger partial charge < -0.3 is 5.32 Å². The first-order valence-corrected chi connectivity index (χ1v) is 6.85. The van der Waals surface area contributed by atoms with Crippen LogP contribution in [-0.4, -0.2) is 15.0 Å². The standard InChI is InChI=1S/C16H14F2N4/c1-9(11-4-3-5-13(17)15(11)18)20-16-12-6-7-19-8-14(12)21-10(2)22-16/h3-9H,1-2H3,(H,20,21,22)/t9-/m1/s1. The van der Waals surface area contributed by atoms with Gasteiger partial charge in [0.2, 0.25) is 0 Å². The van der Waals surface area contributed by atoms with Gasteiger partial charge in [-0.2, -0.15) is 0 Å². The molecule has 112 valence electrons. The van der Waals surface area contributed by atoms with Crippen LogP contribution in [0.2, 0.25) is 0 Å². The molecule has 4 nitrogen and oxygen atoms in total. The number of fused-ring (bicyclic) bond motifs is 1. The average molecular weight is 300 g/mol. The molecule has 0 aliphatic rings. The molecule has 2 aromatic heterocycles. The SMILES string of the molecule is Cc1nc(N[C@H](C)c2cccc(F)c2F)c2ccncc2n1. The summed E-state index contributed by atoms with van der Waals surface area (Å²) in [6.07, 6.45) is 3.28. The lowest BCUT2D eigenvalue weighted by atomic mass is 10.1. The minimum Gasteiger partial charge on any atom is -0.363 e. The number of pyridine rings is 1. The molecule has 0 spiro atoms. The zero-order chi connectivity index (χ0) is 15.7. The summed E-state index contributed by atoms with van der Waals surface area (Å²) in [5.41, 5.74) is 0.947. The molecule has 0 bridgehead atoms. The number of nitrogens with zero attached hydrogens (tertiary/aromatic N) is 3. The van der Waals surface area contributed by atoms with Crippen molar-refractivity contribution in [3.8, 4) is 0 Å². The monoisotopic (exact) mass is 300 g/mol. The highest BCUT2D eigenvalue weighted by atomic mass is 19.2. The average Bonchev–Trinajstić information content (AvgIpc) is 2.49. The van der Waals surface area contributed by atoms with Gasteiger partial charge in [-0.25, -0.2) is 18.7 Å². The number of aromatic nitrogens is 3. The Hall–Kier alpha value is -2.63. The predicted octanol–water partition coefficient (Wildman–Crippen LogP) is 3.78. The van der Waals surface area contributed by atoms with Gasteiger partial charge in [-0.1, -0.05) is 12.1 Å². The van der Waals surface area contributed by atoms with E-state index in [9.17, 15) is 8.78 Å². The Balaban J connectivity index is 2.01. The van der Waals surface area contributed by atoms with E-state index in [1.807, 2.05) is 0 Å². The molecule has 2 heterocycles. The first-order valence-electron chi connectivity index (χ1n) is 6.85. The molecule has 0 aliphatic carbocycles. The van der Waals surface area contributed by atoms with Crippen molar-refractivity contribution in [1.82, 2.24) is 15.0 Å². The van der Waals surface area contributed by atoms with E-state index in [0.717, 1.165) is 11.5 Å². The summed E-state index contributed by atoms with van der Waals surface area (Å²) in [5.74, 6) is -0.561. The Bertz CT molecular complexity index is 835. The molecule has 0 saturated carbocycles. The molecule has 6 heteroatoms. The number of nitrogens with one attached hydrogen (secondary N) is 1. The zero-order valence-electron chi connectivity index (χ0n) is 12.1. The van der Waals surface area contributed by atoms with Crippen LogP contribution in [0.1, 0.15) is 24.4 Å². The fraction of sp³-hybridized carbons (Fsp3) is 0.188. The number of hydrogen-bond acceptors (Lipinski definition) is 4. The summed E-state index contributed by atoms with van der Waals surface area (Å²) in [4.78, 5) is 12.7. The highest BCUT2D eigenvalue weighted by Crippen LogP contribution is 2.26. The van der Waals surface area contributed by atoms with Crippen molar-refractivity contribution < 1.29 is 8.78 Å². The van der Waals surface area contributed by atoms with Gasteiger partial charge >= 0.3 is 0 Å². The van der Waals surface area contributed by atoms with Crippen molar-refractivity contribution in [2.45, 2.75) is 19.9 Å². The zero-order valence-corrected chi connectivity index (χ0v) is 12.1. The van der Waals surface area contributed by atoms with Gasteiger partial charge in [-0.3, -0.25) is 4.98 Å². The maximum atomic E-state index is 13.9. The third kappa shape index (κ3) is 2.59. The van der Waals surface area contributed by atoms with Gasteiger partial charge in [0.1, 0.15) is 11.6 Å². The van der Waals surface area contributed by atoms with Crippen LogP contribution in [-0.2, 0) is 0 Å². The molecular formula is C16H14F2N4. The van der Waals surface area contributed by atoms with Crippen molar-refractivity contribution in [2.24, 2.45) is 0 Å². The van der Waals surface area contributed by atoms with Crippen LogP contribution in [0.4, 0.5) is 14.6 Å². The van der Waals surface area contributed by atoms with Gasteiger partial charge in [0.25, 0.3) is 0 Å². The van der Waals surface area contributed by atoms with Crippen molar-refractivity contribution in [1.29, 1.82) is 0 Å². The van der Waals surface area contributed by atoms with E-state index < -0.39 is 17.7 Å². The first-order chi connectivity index (χ1) is 10.6. The highest BCUT2D eigenvalue weighted by Gasteiger charge is 2.16. The maximum absolute atomic E-state index is 13.9. The second kappa shape index (κ2) is 5.63. The number of benzene rings is 1. The van der Waals surface area contributed by atoms with Gasteiger partial charge in [-0.05, 0) is 26.0 Å². The fourth-order valence-corrected chi connectivity index (χ4v) is 2.34. The predicted molar refractivity (Wildman–Crippen MR) is 80.5 cm³/mol. The summed E-state index contributed by atoms with van der Waals surface area (Å²) >= 11 is 0. The second-order valence-corrected chi connectivity index (χ2v) is 5.02. The van der Waals surface area contributed by atoms with Crippen LogP contribution in [0.15, 0.2) is 36.7 Å². The van der Waals surface area contributed by atoms with E-state index >= 15 is 0 Å². The molecule has 1 aromatic carbocycles. The van der Waals surface area contributed by atoms with Gasteiger partial charge in [0, 0.05) is 17.1 Å². The fourth-order valence-electron chi connectivity index (χ4n) is 2.34. The van der Waals surface area contributed by atoms with Crippen LogP contribution in [0.25, 0.3) is 10.9 Å². The Kier molecular flexibility index (Phi) is 3.66. The van der Waals surface area contributed by atoms with E-state index in [4.69, 9.17) is 0 Å². The van der Waals surface area contributed by atoms with E-state index in [2.05, 4.69) is 20.3 Å². The number of hydrogen-bond donors (Lipinski definition) is 1. The number of rotatable bonds is 3. The molecule has 0 aliphatic heterocycles. The second-order valence-electron chi connectivity index (χ2n) is 5.02. The normalized spacial score (nSPS) is 12.4. The van der Waals surface area contributed by atoms with Gasteiger partial charge in [0.05, 0.1) is 17.8 Å². The largest absolute Gasteiger partial charge is 0.363 e. The van der Waals surface area contributed by atoms with E-state index in [-0.39, 0.29) is 5.56 Å². The summed E-state index contributed by atoms with van der Waals surface area (Å²) < 4.78 is 27.2. The molecule has 0 unspecified atom stereocenters. The third-order valence-electron chi connectivity index (χ3n) is 3.41. The lowest BCUT2D eigenvalue weighted by Crippen LogP contribution is -2.12.